The number of ether oxygens (including phenoxy) is 1. The number of esters is 1. The fourth-order valence-corrected chi connectivity index (χ4v) is 3.50. The van der Waals surface area contributed by atoms with Gasteiger partial charge in [-0.1, -0.05) is 35.9 Å². The van der Waals surface area contributed by atoms with E-state index in [-0.39, 0.29) is 25.0 Å². The van der Waals surface area contributed by atoms with Crippen LogP contribution < -0.4 is 9.64 Å². The van der Waals surface area contributed by atoms with E-state index in [1.54, 1.807) is 23.1 Å². The lowest BCUT2D eigenvalue weighted by molar-refractivity contribution is -0.133. The monoisotopic (exact) mass is 356 g/mol. The third kappa shape index (κ3) is 3.20. The molecule has 2 aromatic carbocycles. The van der Waals surface area contributed by atoms with Gasteiger partial charge in [-0.05, 0) is 35.7 Å². The SMILES string of the molecule is O=C1CN(CC(=O)N2CCc3ccccc3C2)c2cc(Cl)ccc2O1. The Bertz CT molecular complexity index is 852. The molecule has 0 atom stereocenters. The van der Waals surface area contributed by atoms with Crippen LogP contribution in [0.4, 0.5) is 5.69 Å². The van der Waals surface area contributed by atoms with E-state index in [9.17, 15) is 9.59 Å². The van der Waals surface area contributed by atoms with Gasteiger partial charge in [0.05, 0.1) is 12.2 Å². The van der Waals surface area contributed by atoms with E-state index >= 15 is 0 Å². The molecule has 0 bridgehead atoms. The Morgan fingerprint density at radius 3 is 2.76 bits per heavy atom. The summed E-state index contributed by atoms with van der Waals surface area (Å²) in [5.74, 6) is 0.0687. The topological polar surface area (TPSA) is 49.9 Å². The average molecular weight is 357 g/mol. The number of carbonyl (C=O) groups excluding carboxylic acids is 2. The van der Waals surface area contributed by atoms with Crippen molar-refractivity contribution in [2.24, 2.45) is 0 Å². The van der Waals surface area contributed by atoms with Gasteiger partial charge in [-0.3, -0.25) is 4.79 Å². The van der Waals surface area contributed by atoms with Crippen molar-refractivity contribution in [2.75, 3.05) is 24.5 Å². The number of fused-ring (bicyclic) bond motifs is 2. The first-order valence-corrected chi connectivity index (χ1v) is 8.58. The van der Waals surface area contributed by atoms with Gasteiger partial charge in [0, 0.05) is 18.1 Å². The molecule has 0 spiro atoms. The Kier molecular flexibility index (Phi) is 4.09. The maximum absolute atomic E-state index is 12.8. The van der Waals surface area contributed by atoms with Gasteiger partial charge in [0.2, 0.25) is 5.91 Å². The van der Waals surface area contributed by atoms with E-state index in [0.717, 1.165) is 6.42 Å². The van der Waals surface area contributed by atoms with Gasteiger partial charge < -0.3 is 14.5 Å². The van der Waals surface area contributed by atoms with Crippen molar-refractivity contribution in [3.8, 4) is 5.75 Å². The Morgan fingerprint density at radius 2 is 1.92 bits per heavy atom. The predicted molar refractivity (Wildman–Crippen MR) is 94.9 cm³/mol. The molecule has 1 amide bonds. The highest BCUT2D eigenvalue weighted by Gasteiger charge is 2.28. The molecular formula is C19H17ClN2O3. The highest BCUT2D eigenvalue weighted by molar-refractivity contribution is 6.31. The van der Waals surface area contributed by atoms with E-state index in [1.807, 2.05) is 17.0 Å². The molecule has 0 fully saturated rings. The second-order valence-corrected chi connectivity index (χ2v) is 6.71. The van der Waals surface area contributed by atoms with Crippen LogP contribution in [0.3, 0.4) is 0 Å². The van der Waals surface area contributed by atoms with Crippen LogP contribution in [0.1, 0.15) is 11.1 Å². The highest BCUT2D eigenvalue weighted by Crippen LogP contribution is 2.34. The number of benzene rings is 2. The molecule has 0 radical (unpaired) electrons. The van der Waals surface area contributed by atoms with Gasteiger partial charge in [-0.15, -0.1) is 0 Å². The lowest BCUT2D eigenvalue weighted by Gasteiger charge is -2.33. The number of halogens is 1. The van der Waals surface area contributed by atoms with Gasteiger partial charge in [0.15, 0.2) is 5.75 Å². The van der Waals surface area contributed by atoms with E-state index < -0.39 is 0 Å². The molecule has 0 saturated heterocycles. The largest absolute Gasteiger partial charge is 0.423 e. The van der Waals surface area contributed by atoms with Crippen molar-refractivity contribution < 1.29 is 14.3 Å². The Hall–Kier alpha value is -2.53. The molecule has 0 aromatic heterocycles. The van der Waals surface area contributed by atoms with Crippen molar-refractivity contribution >= 4 is 29.2 Å². The second kappa shape index (κ2) is 6.41. The number of hydrogen-bond acceptors (Lipinski definition) is 4. The first-order valence-electron chi connectivity index (χ1n) is 8.20. The van der Waals surface area contributed by atoms with E-state index in [1.165, 1.54) is 11.1 Å². The van der Waals surface area contributed by atoms with E-state index in [2.05, 4.69) is 12.1 Å². The molecule has 2 aliphatic heterocycles. The molecule has 25 heavy (non-hydrogen) atoms. The number of hydrogen-bond donors (Lipinski definition) is 0. The van der Waals surface area contributed by atoms with Gasteiger partial charge in [-0.2, -0.15) is 0 Å². The number of nitrogens with zero attached hydrogens (tertiary/aromatic N) is 2. The third-order valence-electron chi connectivity index (χ3n) is 4.61. The van der Waals surface area contributed by atoms with Crippen LogP contribution in [0.5, 0.6) is 5.75 Å². The molecule has 2 heterocycles. The number of carbonyl (C=O) groups is 2. The van der Waals surface area contributed by atoms with Crippen LogP contribution >= 0.6 is 11.6 Å². The Morgan fingerprint density at radius 1 is 1.12 bits per heavy atom. The van der Waals surface area contributed by atoms with Gasteiger partial charge in [0.25, 0.3) is 0 Å². The first-order chi connectivity index (χ1) is 12.1. The normalized spacial score (nSPS) is 16.1. The van der Waals surface area contributed by atoms with Crippen LogP contribution in [0.2, 0.25) is 5.02 Å². The lowest BCUT2D eigenvalue weighted by Crippen LogP contribution is -2.46. The molecule has 4 rings (SSSR count). The smallest absolute Gasteiger partial charge is 0.331 e. The Balaban J connectivity index is 1.52. The summed E-state index contributed by atoms with van der Waals surface area (Å²) in [6.45, 7) is 1.47. The van der Waals surface area contributed by atoms with Gasteiger partial charge in [0.1, 0.15) is 6.54 Å². The maximum atomic E-state index is 12.8. The molecule has 0 N–H and O–H groups in total. The van der Waals surface area contributed by atoms with Crippen LogP contribution in [-0.2, 0) is 22.6 Å². The minimum atomic E-state index is -0.369. The highest BCUT2D eigenvalue weighted by atomic mass is 35.5. The van der Waals surface area contributed by atoms with Crippen molar-refractivity contribution in [1.82, 2.24) is 4.90 Å². The summed E-state index contributed by atoms with van der Waals surface area (Å²) in [5.41, 5.74) is 3.16. The van der Waals surface area contributed by atoms with Crippen molar-refractivity contribution in [2.45, 2.75) is 13.0 Å². The average Bonchev–Trinajstić information content (AvgIpc) is 2.61. The summed E-state index contributed by atoms with van der Waals surface area (Å²) in [5, 5.41) is 0.543. The fourth-order valence-electron chi connectivity index (χ4n) is 3.33. The fraction of sp³-hybridized carbons (Fsp3) is 0.263. The summed E-state index contributed by atoms with van der Waals surface area (Å²) in [6.07, 6.45) is 0.854. The molecular weight excluding hydrogens is 340 g/mol. The zero-order valence-corrected chi connectivity index (χ0v) is 14.3. The van der Waals surface area contributed by atoms with Gasteiger partial charge in [-0.25, -0.2) is 4.79 Å². The minimum Gasteiger partial charge on any atom is -0.423 e. The second-order valence-electron chi connectivity index (χ2n) is 6.28. The standard InChI is InChI=1S/C19H17ClN2O3/c20-15-5-6-17-16(9-15)22(12-19(24)25-17)11-18(23)21-8-7-13-3-1-2-4-14(13)10-21/h1-6,9H,7-8,10-12H2. The zero-order chi connectivity index (χ0) is 17.4. The van der Waals surface area contributed by atoms with Crippen molar-refractivity contribution in [3.05, 3.63) is 58.6 Å². The molecule has 2 aliphatic rings. The molecule has 2 aromatic rings. The van der Waals surface area contributed by atoms with Crippen LogP contribution in [-0.4, -0.2) is 36.4 Å². The lowest BCUT2D eigenvalue weighted by atomic mass is 10.00. The van der Waals surface area contributed by atoms with Crippen LogP contribution in [0.25, 0.3) is 0 Å². The first kappa shape index (κ1) is 16.0. The predicted octanol–water partition coefficient (Wildman–Crippen LogP) is 2.65. The summed E-state index contributed by atoms with van der Waals surface area (Å²) in [4.78, 5) is 28.2. The molecule has 0 unspecified atom stereocenters. The third-order valence-corrected chi connectivity index (χ3v) is 4.85. The number of rotatable bonds is 2. The molecule has 5 nitrogen and oxygen atoms in total. The Labute approximate surface area is 150 Å². The van der Waals surface area contributed by atoms with E-state index in [4.69, 9.17) is 16.3 Å². The van der Waals surface area contributed by atoms with Crippen molar-refractivity contribution in [1.29, 1.82) is 0 Å². The number of anilines is 1. The molecule has 6 heteroatoms. The zero-order valence-electron chi connectivity index (χ0n) is 13.6. The summed E-state index contributed by atoms with van der Waals surface area (Å²) in [6, 6.07) is 13.2. The summed E-state index contributed by atoms with van der Waals surface area (Å²) in [7, 11) is 0. The molecule has 0 saturated carbocycles. The van der Waals surface area contributed by atoms with Crippen LogP contribution in [0.15, 0.2) is 42.5 Å². The van der Waals surface area contributed by atoms with Gasteiger partial charge >= 0.3 is 5.97 Å². The summed E-state index contributed by atoms with van der Waals surface area (Å²) >= 11 is 6.06. The van der Waals surface area contributed by atoms with Crippen LogP contribution in [0, 0.1) is 0 Å². The van der Waals surface area contributed by atoms with Crippen molar-refractivity contribution in [3.63, 3.8) is 0 Å². The molecule has 0 aliphatic carbocycles. The van der Waals surface area contributed by atoms with E-state index in [0.29, 0.717) is 29.5 Å². The summed E-state index contributed by atoms with van der Waals surface area (Å²) < 4.78 is 5.23. The maximum Gasteiger partial charge on any atom is 0.331 e. The quantitative estimate of drug-likeness (QED) is 0.613. The molecule has 128 valence electrons. The minimum absolute atomic E-state index is 0.00451. The number of amides is 1.